The molecule has 1 heterocycles. The molecule has 2 aromatic carbocycles. The maximum absolute atomic E-state index is 14.5. The van der Waals surface area contributed by atoms with Crippen molar-refractivity contribution in [2.75, 3.05) is 0 Å². The lowest BCUT2D eigenvalue weighted by molar-refractivity contribution is -0.384. The van der Waals surface area contributed by atoms with Gasteiger partial charge in [-0.25, -0.2) is 9.40 Å². The van der Waals surface area contributed by atoms with E-state index >= 15 is 0 Å². The fourth-order valence-corrected chi connectivity index (χ4v) is 7.34. The molecule has 2 saturated carbocycles. The molecule has 0 spiro atoms. The molecule has 3 aliphatic rings. The number of hydrogen-bond acceptors (Lipinski definition) is 5. The van der Waals surface area contributed by atoms with Crippen LogP contribution in [0.4, 0.5) is 10.1 Å². The number of rotatable bonds is 5. The molecular formula is C23H18Br2FN3O5. The van der Waals surface area contributed by atoms with Crippen LogP contribution in [0.5, 0.6) is 0 Å². The first-order valence-electron chi connectivity index (χ1n) is 10.7. The van der Waals surface area contributed by atoms with Crippen molar-refractivity contribution in [3.8, 4) is 0 Å². The third kappa shape index (κ3) is 3.48. The molecule has 0 aromatic heterocycles. The number of fused-ring (bicyclic) bond motifs is 5. The van der Waals surface area contributed by atoms with E-state index in [9.17, 15) is 28.9 Å². The van der Waals surface area contributed by atoms with Gasteiger partial charge in [0.15, 0.2) is 0 Å². The first-order valence-corrected chi connectivity index (χ1v) is 12.5. The summed E-state index contributed by atoms with van der Waals surface area (Å²) in [5.74, 6) is -3.46. The molecule has 5 rings (SSSR count). The second-order valence-electron chi connectivity index (χ2n) is 8.75. The van der Waals surface area contributed by atoms with Gasteiger partial charge in [-0.1, -0.05) is 50.1 Å². The van der Waals surface area contributed by atoms with Crippen molar-refractivity contribution in [3.63, 3.8) is 0 Å². The smallest absolute Gasteiger partial charge is 0.272 e. The van der Waals surface area contributed by atoms with E-state index in [2.05, 4.69) is 31.9 Å². The van der Waals surface area contributed by atoms with Crippen LogP contribution in [-0.4, -0.2) is 42.3 Å². The minimum atomic E-state index is -0.724. The van der Waals surface area contributed by atoms with Crippen LogP contribution in [0.15, 0.2) is 48.5 Å². The Balaban J connectivity index is 1.53. The molecule has 3 fully saturated rings. The highest BCUT2D eigenvalue weighted by Gasteiger charge is 2.67. The van der Waals surface area contributed by atoms with Crippen LogP contribution >= 0.6 is 31.9 Å². The predicted octanol–water partition coefficient (Wildman–Crippen LogP) is 4.07. The summed E-state index contributed by atoms with van der Waals surface area (Å²) in [4.78, 5) is 51.0. The summed E-state index contributed by atoms with van der Waals surface area (Å²) < 4.78 is 14.5. The second-order valence-corrected chi connectivity index (χ2v) is 10.9. The average Bonchev–Trinajstić information content (AvgIpc) is 3.43. The lowest BCUT2D eigenvalue weighted by Gasteiger charge is -2.31. The van der Waals surface area contributed by atoms with Crippen LogP contribution in [0, 0.1) is 39.6 Å². The van der Waals surface area contributed by atoms with Gasteiger partial charge in [0.05, 0.1) is 23.3 Å². The summed E-state index contributed by atoms with van der Waals surface area (Å²) >= 11 is 7.27. The summed E-state index contributed by atoms with van der Waals surface area (Å²) in [7, 11) is 0. The molecular weight excluding hydrogens is 577 g/mol. The number of hydrazine groups is 1. The Morgan fingerprint density at radius 2 is 1.59 bits per heavy atom. The van der Waals surface area contributed by atoms with Crippen molar-refractivity contribution in [3.05, 3.63) is 75.6 Å². The van der Waals surface area contributed by atoms with Gasteiger partial charge < -0.3 is 0 Å². The number of halogens is 3. The molecule has 8 nitrogen and oxygen atoms in total. The molecule has 0 radical (unpaired) electrons. The lowest BCUT2D eigenvalue weighted by Crippen LogP contribution is -2.50. The van der Waals surface area contributed by atoms with Crippen LogP contribution in [0.2, 0.25) is 0 Å². The number of amides is 3. The summed E-state index contributed by atoms with van der Waals surface area (Å²) in [6.07, 6.45) is 0.732. The zero-order valence-electron chi connectivity index (χ0n) is 17.5. The maximum Gasteiger partial charge on any atom is 0.273 e. The molecule has 6 atom stereocenters. The number of hydrogen-bond donors (Lipinski definition) is 0. The van der Waals surface area contributed by atoms with Crippen molar-refractivity contribution in [1.82, 2.24) is 10.0 Å². The Morgan fingerprint density at radius 3 is 2.12 bits per heavy atom. The quantitative estimate of drug-likeness (QED) is 0.225. The van der Waals surface area contributed by atoms with Crippen molar-refractivity contribution >= 4 is 55.3 Å². The predicted molar refractivity (Wildman–Crippen MR) is 125 cm³/mol. The Morgan fingerprint density at radius 1 is 1.03 bits per heavy atom. The fraction of sp³-hybridized carbons (Fsp3) is 0.348. The molecule has 2 aliphatic carbocycles. The van der Waals surface area contributed by atoms with Gasteiger partial charge in [0.25, 0.3) is 23.4 Å². The molecule has 34 heavy (non-hydrogen) atoms. The van der Waals surface area contributed by atoms with E-state index in [4.69, 9.17) is 0 Å². The number of imide groups is 1. The number of carbonyl (C=O) groups is 3. The van der Waals surface area contributed by atoms with Gasteiger partial charge in [-0.05, 0) is 36.5 Å². The van der Waals surface area contributed by atoms with E-state index in [1.54, 1.807) is 6.07 Å². The largest absolute Gasteiger partial charge is 0.273 e. The maximum atomic E-state index is 14.5. The topological polar surface area (TPSA) is 101 Å². The number of carbonyl (C=O) groups excluding carboxylic acids is 3. The Bertz CT molecular complexity index is 1180. The van der Waals surface area contributed by atoms with Gasteiger partial charge in [-0.15, -0.1) is 0 Å². The van der Waals surface area contributed by atoms with E-state index in [0.29, 0.717) is 0 Å². The van der Waals surface area contributed by atoms with Crippen LogP contribution in [-0.2, 0) is 16.1 Å². The van der Waals surface area contributed by atoms with E-state index in [1.165, 1.54) is 42.5 Å². The number of benzene rings is 2. The number of alkyl halides is 2. The highest BCUT2D eigenvalue weighted by atomic mass is 79.9. The van der Waals surface area contributed by atoms with Crippen molar-refractivity contribution in [1.29, 1.82) is 0 Å². The van der Waals surface area contributed by atoms with E-state index in [0.717, 1.165) is 16.4 Å². The monoisotopic (exact) mass is 593 g/mol. The molecule has 1 saturated heterocycles. The highest BCUT2D eigenvalue weighted by molar-refractivity contribution is 9.12. The molecule has 2 aromatic rings. The van der Waals surface area contributed by atoms with Gasteiger partial charge in [-0.2, -0.15) is 5.01 Å². The normalized spacial score (nSPS) is 29.4. The van der Waals surface area contributed by atoms with Crippen LogP contribution < -0.4 is 0 Å². The summed E-state index contributed by atoms with van der Waals surface area (Å²) in [5.41, 5.74) is -0.0298. The molecule has 0 N–H and O–H groups in total. The Kier molecular flexibility index (Phi) is 5.79. The number of nitro groups is 1. The lowest BCUT2D eigenvalue weighted by atomic mass is 9.81. The molecule has 11 heteroatoms. The van der Waals surface area contributed by atoms with E-state index in [1.807, 2.05) is 0 Å². The fourth-order valence-electron chi connectivity index (χ4n) is 5.47. The molecule has 0 unspecified atom stereocenters. The van der Waals surface area contributed by atoms with Crippen LogP contribution in [0.3, 0.4) is 0 Å². The zero-order valence-corrected chi connectivity index (χ0v) is 20.7. The Hall–Kier alpha value is -2.66. The first kappa shape index (κ1) is 23.1. The molecule has 176 valence electrons. The zero-order chi connectivity index (χ0) is 24.3. The highest BCUT2D eigenvalue weighted by Crippen LogP contribution is 2.60. The summed E-state index contributed by atoms with van der Waals surface area (Å²) in [6.45, 7) is -0.343. The van der Waals surface area contributed by atoms with Gasteiger partial charge in [-0.3, -0.25) is 24.5 Å². The third-order valence-electron chi connectivity index (χ3n) is 7.04. The minimum absolute atomic E-state index is 0.0286. The number of nitrogens with zero attached hydrogens (tertiary/aromatic N) is 3. The van der Waals surface area contributed by atoms with Crippen molar-refractivity contribution in [2.45, 2.75) is 22.6 Å². The number of nitro benzene ring substituents is 1. The summed E-state index contributed by atoms with van der Waals surface area (Å²) in [5, 5.41) is 12.8. The van der Waals surface area contributed by atoms with E-state index < -0.39 is 40.3 Å². The van der Waals surface area contributed by atoms with E-state index in [-0.39, 0.29) is 44.8 Å². The van der Waals surface area contributed by atoms with Crippen LogP contribution in [0.1, 0.15) is 22.3 Å². The number of non-ortho nitro benzene ring substituents is 1. The van der Waals surface area contributed by atoms with Crippen molar-refractivity contribution < 1.29 is 23.7 Å². The first-order chi connectivity index (χ1) is 16.2. The Labute approximate surface area is 210 Å². The van der Waals surface area contributed by atoms with Crippen molar-refractivity contribution in [2.24, 2.45) is 23.7 Å². The van der Waals surface area contributed by atoms with Gasteiger partial charge in [0.2, 0.25) is 0 Å². The van der Waals surface area contributed by atoms with Gasteiger partial charge >= 0.3 is 0 Å². The third-order valence-corrected chi connectivity index (χ3v) is 10.2. The molecule has 3 amide bonds. The average molecular weight is 595 g/mol. The van der Waals surface area contributed by atoms with Gasteiger partial charge in [0, 0.05) is 32.9 Å². The second kappa shape index (κ2) is 8.53. The molecule has 2 bridgehead atoms. The molecule has 1 aliphatic heterocycles. The standard InChI is InChI=1S/C23H18Br2FN3O5/c24-19-14-9-15(20(19)25)18-17(14)22(31)28(23(18)32)27(10-12-3-1-2-4-16(12)26)21(30)11-5-7-13(8-6-11)29(33)34/h1-8,14-15,17-20H,9-10H2/t14-,15-,17-,18+,19+,20+/m1/s1. The van der Waals surface area contributed by atoms with Gasteiger partial charge in [0.1, 0.15) is 5.82 Å². The SMILES string of the molecule is O=C(c1ccc([N+](=O)[O-])cc1)N(Cc1ccccc1F)N1C(=O)[C@@H]2[C@H]3C[C@@H]([C@H](Br)[C@H]3Br)[C@@H]2C1=O. The minimum Gasteiger partial charge on any atom is -0.272 e. The van der Waals surface area contributed by atoms with Crippen LogP contribution in [0.25, 0.3) is 0 Å². The summed E-state index contributed by atoms with van der Waals surface area (Å²) in [6, 6.07) is 10.7.